The van der Waals surface area contributed by atoms with E-state index >= 15 is 0 Å². The Labute approximate surface area is 110 Å². The molecule has 18 heavy (non-hydrogen) atoms. The van der Waals surface area contributed by atoms with E-state index in [9.17, 15) is 4.79 Å². The summed E-state index contributed by atoms with van der Waals surface area (Å²) < 4.78 is 4.88. The second kappa shape index (κ2) is 13.5. The highest BCUT2D eigenvalue weighted by molar-refractivity contribution is 5.66. The van der Waals surface area contributed by atoms with Gasteiger partial charge < -0.3 is 10.1 Å². The van der Waals surface area contributed by atoms with Crippen molar-refractivity contribution in [2.75, 3.05) is 13.2 Å². The molecule has 0 aromatic carbocycles. The molecule has 1 heterocycles. The van der Waals surface area contributed by atoms with Crippen LogP contribution in [0, 0.1) is 0 Å². The standard InChI is InChI=1S/C9H19NO2.C5H5N/c1-3-5-6-7-8-12-9(11)10-4-2;1-2-4-6-5-3-1/h3-8H2,1-2H3,(H,10,11);1-5H. The monoisotopic (exact) mass is 252 g/mol. The fourth-order valence-corrected chi connectivity index (χ4v) is 1.20. The van der Waals surface area contributed by atoms with Crippen LogP contribution in [0.3, 0.4) is 0 Å². The lowest BCUT2D eigenvalue weighted by molar-refractivity contribution is 0.144. The van der Waals surface area contributed by atoms with Gasteiger partial charge in [-0.25, -0.2) is 4.79 Å². The molecule has 4 heteroatoms. The Hall–Kier alpha value is -1.58. The van der Waals surface area contributed by atoms with E-state index in [2.05, 4.69) is 17.2 Å². The van der Waals surface area contributed by atoms with Crippen molar-refractivity contribution in [3.8, 4) is 0 Å². The number of pyridine rings is 1. The van der Waals surface area contributed by atoms with Gasteiger partial charge in [-0.2, -0.15) is 0 Å². The summed E-state index contributed by atoms with van der Waals surface area (Å²) in [5.41, 5.74) is 0. The summed E-state index contributed by atoms with van der Waals surface area (Å²) in [6.07, 6.45) is 7.76. The van der Waals surface area contributed by atoms with Crippen LogP contribution in [-0.2, 0) is 4.74 Å². The predicted octanol–water partition coefficient (Wildman–Crippen LogP) is 3.39. The van der Waals surface area contributed by atoms with E-state index in [0.29, 0.717) is 13.2 Å². The van der Waals surface area contributed by atoms with Crippen LogP contribution in [0.5, 0.6) is 0 Å². The molecule has 1 aromatic rings. The second-order valence-corrected chi connectivity index (χ2v) is 3.75. The first-order valence-corrected chi connectivity index (χ1v) is 6.56. The van der Waals surface area contributed by atoms with Crippen LogP contribution in [-0.4, -0.2) is 24.2 Å². The fraction of sp³-hybridized carbons (Fsp3) is 0.571. The van der Waals surface area contributed by atoms with Crippen LogP contribution in [0.1, 0.15) is 39.5 Å². The van der Waals surface area contributed by atoms with Crippen LogP contribution in [0.25, 0.3) is 0 Å². The molecule has 0 fully saturated rings. The molecule has 1 rings (SSSR count). The Kier molecular flexibility index (Phi) is 12.3. The smallest absolute Gasteiger partial charge is 0.407 e. The number of nitrogens with zero attached hydrogens (tertiary/aromatic N) is 1. The van der Waals surface area contributed by atoms with Gasteiger partial charge >= 0.3 is 6.09 Å². The Balaban J connectivity index is 0.000000397. The zero-order valence-electron chi connectivity index (χ0n) is 11.4. The van der Waals surface area contributed by atoms with Crippen molar-refractivity contribution in [3.05, 3.63) is 30.6 Å². The maximum atomic E-state index is 10.7. The van der Waals surface area contributed by atoms with E-state index < -0.39 is 0 Å². The third-order valence-electron chi connectivity index (χ3n) is 2.12. The van der Waals surface area contributed by atoms with Crippen LogP contribution >= 0.6 is 0 Å². The van der Waals surface area contributed by atoms with E-state index in [1.165, 1.54) is 12.8 Å². The number of carbonyl (C=O) groups excluding carboxylic acids is 1. The van der Waals surface area contributed by atoms with E-state index in [4.69, 9.17) is 4.74 Å². The van der Waals surface area contributed by atoms with Gasteiger partial charge in [0.15, 0.2) is 0 Å². The highest BCUT2D eigenvalue weighted by Gasteiger charge is 1.97. The number of hydrogen-bond donors (Lipinski definition) is 1. The Bertz CT molecular complexity index is 252. The molecule has 1 amide bonds. The van der Waals surface area contributed by atoms with Crippen molar-refractivity contribution < 1.29 is 9.53 Å². The highest BCUT2D eigenvalue weighted by Crippen LogP contribution is 1.98. The molecule has 0 aliphatic rings. The number of hydrogen-bond acceptors (Lipinski definition) is 3. The molecule has 0 saturated heterocycles. The van der Waals surface area contributed by atoms with Gasteiger partial charge in [0.25, 0.3) is 0 Å². The van der Waals surface area contributed by atoms with Gasteiger partial charge in [-0.1, -0.05) is 32.3 Å². The average molecular weight is 252 g/mol. The third kappa shape index (κ3) is 12.5. The quantitative estimate of drug-likeness (QED) is 0.789. The molecule has 1 N–H and O–H groups in total. The lowest BCUT2D eigenvalue weighted by atomic mass is 10.2. The van der Waals surface area contributed by atoms with Crippen LogP contribution in [0.2, 0.25) is 0 Å². The third-order valence-corrected chi connectivity index (χ3v) is 2.12. The summed E-state index contributed by atoms with van der Waals surface area (Å²) >= 11 is 0. The number of amides is 1. The molecule has 0 spiro atoms. The number of nitrogens with one attached hydrogen (secondary N) is 1. The van der Waals surface area contributed by atoms with Gasteiger partial charge in [-0.3, -0.25) is 4.98 Å². The molecule has 0 unspecified atom stereocenters. The molecule has 0 radical (unpaired) electrons. The topological polar surface area (TPSA) is 51.2 Å². The zero-order chi connectivity index (χ0) is 13.5. The maximum absolute atomic E-state index is 10.7. The molecule has 0 bridgehead atoms. The van der Waals surface area contributed by atoms with Gasteiger partial charge in [-0.15, -0.1) is 0 Å². The zero-order valence-corrected chi connectivity index (χ0v) is 11.4. The first-order chi connectivity index (χ1) is 8.81. The van der Waals surface area contributed by atoms with E-state index in [0.717, 1.165) is 12.8 Å². The first kappa shape index (κ1) is 16.4. The predicted molar refractivity (Wildman–Crippen MR) is 73.4 cm³/mol. The molecule has 0 aliphatic carbocycles. The fourth-order valence-electron chi connectivity index (χ4n) is 1.20. The lowest BCUT2D eigenvalue weighted by Crippen LogP contribution is -2.23. The highest BCUT2D eigenvalue weighted by atomic mass is 16.5. The molecule has 4 nitrogen and oxygen atoms in total. The minimum atomic E-state index is -0.297. The number of ether oxygens (including phenoxy) is 1. The van der Waals surface area contributed by atoms with Gasteiger partial charge in [0, 0.05) is 18.9 Å². The normalized spacial score (nSPS) is 9.00. The molecule has 0 saturated carbocycles. The summed E-state index contributed by atoms with van der Waals surface area (Å²) in [4.78, 5) is 14.5. The van der Waals surface area contributed by atoms with Crippen molar-refractivity contribution in [3.63, 3.8) is 0 Å². The van der Waals surface area contributed by atoms with Crippen molar-refractivity contribution in [1.29, 1.82) is 0 Å². The Morgan fingerprint density at radius 2 is 1.83 bits per heavy atom. The van der Waals surface area contributed by atoms with Crippen LogP contribution in [0.4, 0.5) is 4.79 Å². The second-order valence-electron chi connectivity index (χ2n) is 3.75. The van der Waals surface area contributed by atoms with Crippen LogP contribution in [0.15, 0.2) is 30.6 Å². The van der Waals surface area contributed by atoms with Gasteiger partial charge in [0.2, 0.25) is 0 Å². The van der Waals surface area contributed by atoms with Gasteiger partial charge in [0.1, 0.15) is 0 Å². The Morgan fingerprint density at radius 1 is 1.11 bits per heavy atom. The summed E-state index contributed by atoms with van der Waals surface area (Å²) in [6.45, 7) is 5.21. The lowest BCUT2D eigenvalue weighted by Gasteiger charge is -2.03. The van der Waals surface area contributed by atoms with E-state index in [1.807, 2.05) is 25.1 Å². The molecular formula is C14H24N2O2. The average Bonchev–Trinajstić information content (AvgIpc) is 2.41. The molecule has 102 valence electrons. The summed E-state index contributed by atoms with van der Waals surface area (Å²) in [5.74, 6) is 0. The minimum absolute atomic E-state index is 0.297. The Morgan fingerprint density at radius 3 is 2.28 bits per heavy atom. The van der Waals surface area contributed by atoms with Crippen LogP contribution < -0.4 is 5.32 Å². The molecule has 0 atom stereocenters. The molecule has 1 aromatic heterocycles. The van der Waals surface area contributed by atoms with Crippen molar-refractivity contribution in [2.45, 2.75) is 39.5 Å². The van der Waals surface area contributed by atoms with Crippen molar-refractivity contribution in [2.24, 2.45) is 0 Å². The SMILES string of the molecule is CCCCCCOC(=O)NCC.c1ccncc1. The maximum Gasteiger partial charge on any atom is 0.407 e. The van der Waals surface area contributed by atoms with Gasteiger partial charge in [0.05, 0.1) is 6.61 Å². The van der Waals surface area contributed by atoms with E-state index in [-0.39, 0.29) is 6.09 Å². The number of alkyl carbamates (subject to hydrolysis) is 1. The number of unbranched alkanes of at least 4 members (excludes halogenated alkanes) is 3. The summed E-state index contributed by atoms with van der Waals surface area (Å²) in [6, 6.07) is 5.72. The van der Waals surface area contributed by atoms with E-state index in [1.54, 1.807) is 12.4 Å². The number of rotatable bonds is 6. The van der Waals surface area contributed by atoms with Crippen molar-refractivity contribution in [1.82, 2.24) is 10.3 Å². The number of carbonyl (C=O) groups is 1. The molecule has 0 aliphatic heterocycles. The van der Waals surface area contributed by atoms with Gasteiger partial charge in [-0.05, 0) is 25.5 Å². The molecular weight excluding hydrogens is 228 g/mol. The minimum Gasteiger partial charge on any atom is -0.450 e. The first-order valence-electron chi connectivity index (χ1n) is 6.56. The number of aromatic nitrogens is 1. The largest absolute Gasteiger partial charge is 0.450 e. The van der Waals surface area contributed by atoms with Crippen molar-refractivity contribution >= 4 is 6.09 Å². The summed E-state index contributed by atoms with van der Waals surface area (Å²) in [7, 11) is 0. The summed E-state index contributed by atoms with van der Waals surface area (Å²) in [5, 5.41) is 2.58.